The number of nitrogens with zero attached hydrogens (tertiary/aromatic N) is 1. The van der Waals surface area contributed by atoms with E-state index < -0.39 is 17.6 Å². The fraction of sp³-hybridized carbons (Fsp3) is 0. The Morgan fingerprint density at radius 1 is 1.10 bits per heavy atom. The normalized spacial score (nSPS) is 10.9. The van der Waals surface area contributed by atoms with E-state index in [1.807, 2.05) is 0 Å². The number of fused-ring (bicyclic) bond motifs is 1. The molecule has 2 N–H and O–H groups in total. The molecule has 1 heterocycles. The van der Waals surface area contributed by atoms with Crippen LogP contribution in [-0.2, 0) is 0 Å². The number of benzene rings is 2. The molecule has 100 valence electrons. The zero-order valence-electron chi connectivity index (χ0n) is 10.0. The van der Waals surface area contributed by atoms with E-state index in [-0.39, 0.29) is 5.56 Å². The average Bonchev–Trinajstić information content (AvgIpc) is 2.84. The molecule has 0 unspecified atom stereocenters. The Kier molecular flexibility index (Phi) is 2.71. The number of aromatic nitrogens is 2. The molecule has 0 aliphatic heterocycles. The van der Waals surface area contributed by atoms with Crippen molar-refractivity contribution in [3.63, 3.8) is 0 Å². The molecular formula is C14H8F2N2O2. The Balaban J connectivity index is 2.12. The van der Waals surface area contributed by atoms with Crippen molar-refractivity contribution in [1.29, 1.82) is 0 Å². The van der Waals surface area contributed by atoms with E-state index in [4.69, 9.17) is 5.11 Å². The van der Waals surface area contributed by atoms with Crippen LogP contribution in [0.3, 0.4) is 0 Å². The van der Waals surface area contributed by atoms with Crippen LogP contribution in [0.15, 0.2) is 36.4 Å². The summed E-state index contributed by atoms with van der Waals surface area (Å²) in [4.78, 5) is 18.0. The van der Waals surface area contributed by atoms with Gasteiger partial charge in [0.05, 0.1) is 16.6 Å². The van der Waals surface area contributed by atoms with Crippen LogP contribution in [0.25, 0.3) is 22.4 Å². The summed E-state index contributed by atoms with van der Waals surface area (Å²) in [7, 11) is 0. The topological polar surface area (TPSA) is 66.0 Å². The van der Waals surface area contributed by atoms with Gasteiger partial charge in [0.25, 0.3) is 0 Å². The van der Waals surface area contributed by atoms with E-state index in [1.54, 1.807) is 6.07 Å². The van der Waals surface area contributed by atoms with Crippen LogP contribution in [0, 0.1) is 11.6 Å². The molecule has 0 aliphatic carbocycles. The summed E-state index contributed by atoms with van der Waals surface area (Å²) < 4.78 is 26.1. The third-order valence-electron chi connectivity index (χ3n) is 2.92. The second-order valence-electron chi connectivity index (χ2n) is 4.25. The van der Waals surface area contributed by atoms with Crippen molar-refractivity contribution in [3.8, 4) is 11.4 Å². The lowest BCUT2D eigenvalue weighted by atomic mass is 10.2. The molecule has 1 aromatic heterocycles. The van der Waals surface area contributed by atoms with Gasteiger partial charge in [0.1, 0.15) is 5.82 Å². The number of hydrogen-bond acceptors (Lipinski definition) is 2. The predicted octanol–water partition coefficient (Wildman–Crippen LogP) is 3.21. The highest BCUT2D eigenvalue weighted by Gasteiger charge is 2.10. The first-order chi connectivity index (χ1) is 9.54. The van der Waals surface area contributed by atoms with Gasteiger partial charge in [-0.25, -0.2) is 18.6 Å². The van der Waals surface area contributed by atoms with E-state index >= 15 is 0 Å². The van der Waals surface area contributed by atoms with Gasteiger partial charge in [0.2, 0.25) is 0 Å². The van der Waals surface area contributed by atoms with Gasteiger partial charge < -0.3 is 10.1 Å². The van der Waals surface area contributed by atoms with Gasteiger partial charge in [-0.1, -0.05) is 0 Å². The number of aromatic amines is 1. The maximum atomic E-state index is 13.2. The first kappa shape index (κ1) is 12.3. The zero-order valence-corrected chi connectivity index (χ0v) is 10.0. The Bertz CT molecular complexity index is 827. The van der Waals surface area contributed by atoms with Crippen LogP contribution in [-0.4, -0.2) is 21.0 Å². The van der Waals surface area contributed by atoms with Gasteiger partial charge in [-0.15, -0.1) is 0 Å². The van der Waals surface area contributed by atoms with Crippen molar-refractivity contribution in [2.75, 3.05) is 0 Å². The summed E-state index contributed by atoms with van der Waals surface area (Å²) in [6.07, 6.45) is 0. The average molecular weight is 274 g/mol. The number of H-pyrrole nitrogens is 1. The molecule has 0 aliphatic rings. The summed E-state index contributed by atoms with van der Waals surface area (Å²) in [5, 5.41) is 8.91. The van der Waals surface area contributed by atoms with Crippen molar-refractivity contribution in [3.05, 3.63) is 53.6 Å². The lowest BCUT2D eigenvalue weighted by molar-refractivity contribution is 0.0697. The highest BCUT2D eigenvalue weighted by atomic mass is 19.2. The molecule has 0 radical (unpaired) electrons. The first-order valence-electron chi connectivity index (χ1n) is 5.73. The van der Waals surface area contributed by atoms with E-state index in [9.17, 15) is 13.6 Å². The first-order valence-corrected chi connectivity index (χ1v) is 5.73. The van der Waals surface area contributed by atoms with Crippen molar-refractivity contribution >= 4 is 17.0 Å². The summed E-state index contributed by atoms with van der Waals surface area (Å²) in [5.74, 6) is -2.59. The maximum absolute atomic E-state index is 13.2. The SMILES string of the molecule is O=C(O)c1ccc2nc(-c3ccc(F)c(F)c3)[nH]c2c1. The van der Waals surface area contributed by atoms with Crippen molar-refractivity contribution in [1.82, 2.24) is 9.97 Å². The molecule has 3 aromatic rings. The zero-order chi connectivity index (χ0) is 14.3. The molecule has 20 heavy (non-hydrogen) atoms. The number of carboxylic acids is 1. The van der Waals surface area contributed by atoms with Crippen LogP contribution in [0.2, 0.25) is 0 Å². The second kappa shape index (κ2) is 4.41. The van der Waals surface area contributed by atoms with Crippen LogP contribution in [0.5, 0.6) is 0 Å². The van der Waals surface area contributed by atoms with Gasteiger partial charge in [-0.3, -0.25) is 0 Å². The number of rotatable bonds is 2. The minimum atomic E-state index is -1.05. The van der Waals surface area contributed by atoms with Gasteiger partial charge in [0.15, 0.2) is 11.6 Å². The quantitative estimate of drug-likeness (QED) is 0.754. The molecule has 0 saturated heterocycles. The van der Waals surface area contributed by atoms with Gasteiger partial charge in [-0.2, -0.15) is 0 Å². The molecule has 4 nitrogen and oxygen atoms in total. The fourth-order valence-electron chi connectivity index (χ4n) is 1.92. The summed E-state index contributed by atoms with van der Waals surface area (Å²) in [5.41, 5.74) is 1.58. The number of carbonyl (C=O) groups is 1. The molecule has 0 fully saturated rings. The maximum Gasteiger partial charge on any atom is 0.335 e. The molecule has 2 aromatic carbocycles. The molecule has 0 saturated carbocycles. The van der Waals surface area contributed by atoms with E-state index in [1.165, 1.54) is 18.2 Å². The number of aromatic carboxylic acids is 1. The van der Waals surface area contributed by atoms with E-state index in [0.29, 0.717) is 22.4 Å². The molecular weight excluding hydrogens is 266 g/mol. The monoisotopic (exact) mass is 274 g/mol. The highest BCUT2D eigenvalue weighted by molar-refractivity contribution is 5.92. The predicted molar refractivity (Wildman–Crippen MR) is 68.4 cm³/mol. The van der Waals surface area contributed by atoms with Crippen molar-refractivity contribution in [2.45, 2.75) is 0 Å². The number of carboxylic acid groups (broad SMARTS) is 1. The minimum Gasteiger partial charge on any atom is -0.478 e. The van der Waals surface area contributed by atoms with Gasteiger partial charge in [-0.05, 0) is 36.4 Å². The van der Waals surface area contributed by atoms with Gasteiger partial charge >= 0.3 is 5.97 Å². The summed E-state index contributed by atoms with van der Waals surface area (Å²) in [6.45, 7) is 0. The molecule has 0 bridgehead atoms. The Morgan fingerprint density at radius 2 is 1.90 bits per heavy atom. The Morgan fingerprint density at radius 3 is 2.60 bits per heavy atom. The van der Waals surface area contributed by atoms with Gasteiger partial charge in [0, 0.05) is 5.56 Å². The largest absolute Gasteiger partial charge is 0.478 e. The lowest BCUT2D eigenvalue weighted by Gasteiger charge is -1.97. The number of halogens is 2. The molecule has 0 amide bonds. The molecule has 0 atom stereocenters. The van der Waals surface area contributed by atoms with Crippen LogP contribution < -0.4 is 0 Å². The van der Waals surface area contributed by atoms with E-state index in [2.05, 4.69) is 9.97 Å². The number of imidazole rings is 1. The van der Waals surface area contributed by atoms with Crippen LogP contribution in [0.4, 0.5) is 8.78 Å². The lowest BCUT2D eigenvalue weighted by Crippen LogP contribution is -1.94. The summed E-state index contributed by atoms with van der Waals surface area (Å²) >= 11 is 0. The van der Waals surface area contributed by atoms with Crippen molar-refractivity contribution < 1.29 is 18.7 Å². The van der Waals surface area contributed by atoms with Crippen LogP contribution >= 0.6 is 0 Å². The standard InChI is InChI=1S/C14H8F2N2O2/c15-9-3-1-7(5-10(9)16)13-17-11-4-2-8(14(19)20)6-12(11)18-13/h1-6H,(H,17,18)(H,19,20). The second-order valence-corrected chi connectivity index (χ2v) is 4.25. The van der Waals surface area contributed by atoms with Crippen LogP contribution in [0.1, 0.15) is 10.4 Å². The fourth-order valence-corrected chi connectivity index (χ4v) is 1.92. The molecule has 3 rings (SSSR count). The third-order valence-corrected chi connectivity index (χ3v) is 2.92. The Hall–Kier alpha value is -2.76. The smallest absolute Gasteiger partial charge is 0.335 e. The number of hydrogen-bond donors (Lipinski definition) is 2. The minimum absolute atomic E-state index is 0.123. The number of nitrogens with one attached hydrogen (secondary N) is 1. The Labute approximate surface area is 111 Å². The third kappa shape index (κ3) is 2.01. The highest BCUT2D eigenvalue weighted by Crippen LogP contribution is 2.22. The molecule has 6 heteroatoms. The van der Waals surface area contributed by atoms with E-state index in [0.717, 1.165) is 12.1 Å². The molecule has 0 spiro atoms. The summed E-state index contributed by atoms with van der Waals surface area (Å²) in [6, 6.07) is 7.87. The van der Waals surface area contributed by atoms with Crippen molar-refractivity contribution in [2.24, 2.45) is 0 Å².